The van der Waals surface area contributed by atoms with Gasteiger partial charge in [-0.05, 0) is 43.7 Å². The largest absolute Gasteiger partial charge is 0.481 e. The standard InChI is InChI=1S/C24H39NO3/c1-2-3-4-5-6-7-8-9-10-11-12-13-14-15-16-17-23(26)25-19-18-22(21-25)20-24(27)28/h9-10,18-19,21H,2-8,11-17,20H2,1H3,(H,27,28). The van der Waals surface area contributed by atoms with Gasteiger partial charge in [0.1, 0.15) is 0 Å². The van der Waals surface area contributed by atoms with Gasteiger partial charge in [0.05, 0.1) is 6.42 Å². The monoisotopic (exact) mass is 389 g/mol. The number of hydrogen-bond donors (Lipinski definition) is 1. The van der Waals surface area contributed by atoms with Crippen LogP contribution in [0.4, 0.5) is 0 Å². The van der Waals surface area contributed by atoms with Crippen molar-refractivity contribution in [1.82, 2.24) is 4.57 Å². The van der Waals surface area contributed by atoms with Crippen molar-refractivity contribution in [2.45, 2.75) is 103 Å². The second-order valence-corrected chi connectivity index (χ2v) is 7.73. The fourth-order valence-electron chi connectivity index (χ4n) is 3.35. The minimum Gasteiger partial charge on any atom is -0.481 e. The lowest BCUT2D eigenvalue weighted by Crippen LogP contribution is -2.08. The number of rotatable bonds is 17. The molecule has 0 amide bonds. The third-order valence-electron chi connectivity index (χ3n) is 5.05. The molecule has 0 fully saturated rings. The molecule has 4 heteroatoms. The smallest absolute Gasteiger partial charge is 0.307 e. The SMILES string of the molecule is CCCCCCCCC=CCCCCCCCC(=O)n1ccc(CC(=O)O)c1. The number of aliphatic carboxylic acids is 1. The van der Waals surface area contributed by atoms with Crippen LogP contribution in [0.1, 0.15) is 107 Å². The highest BCUT2D eigenvalue weighted by molar-refractivity contribution is 5.79. The number of nitrogens with zero attached hydrogens (tertiary/aromatic N) is 1. The van der Waals surface area contributed by atoms with Crippen LogP contribution < -0.4 is 0 Å². The number of carboxylic acids is 1. The Morgan fingerprint density at radius 2 is 1.46 bits per heavy atom. The van der Waals surface area contributed by atoms with E-state index >= 15 is 0 Å². The molecule has 0 aliphatic heterocycles. The van der Waals surface area contributed by atoms with Gasteiger partial charge in [-0.2, -0.15) is 0 Å². The molecule has 1 heterocycles. The molecule has 158 valence electrons. The number of hydrogen-bond acceptors (Lipinski definition) is 2. The molecule has 0 aliphatic rings. The summed E-state index contributed by atoms with van der Waals surface area (Å²) in [5, 5.41) is 8.77. The third-order valence-corrected chi connectivity index (χ3v) is 5.05. The van der Waals surface area contributed by atoms with Crippen LogP contribution in [0.15, 0.2) is 30.6 Å². The average Bonchev–Trinajstić information content (AvgIpc) is 3.12. The van der Waals surface area contributed by atoms with E-state index in [-0.39, 0.29) is 12.3 Å². The zero-order valence-corrected chi connectivity index (χ0v) is 17.7. The summed E-state index contributed by atoms with van der Waals surface area (Å²) < 4.78 is 1.52. The molecule has 1 aromatic rings. The molecule has 0 bridgehead atoms. The Kier molecular flexibility index (Phi) is 14.0. The Morgan fingerprint density at radius 1 is 0.893 bits per heavy atom. The molecule has 0 saturated carbocycles. The van der Waals surface area contributed by atoms with E-state index in [1.54, 1.807) is 18.5 Å². The highest BCUT2D eigenvalue weighted by Gasteiger charge is 2.07. The van der Waals surface area contributed by atoms with Gasteiger partial charge >= 0.3 is 5.97 Å². The molecule has 0 spiro atoms. The molecular weight excluding hydrogens is 350 g/mol. The first-order chi connectivity index (χ1) is 13.6. The first-order valence-corrected chi connectivity index (χ1v) is 11.2. The van der Waals surface area contributed by atoms with Crippen molar-refractivity contribution in [3.63, 3.8) is 0 Å². The summed E-state index contributed by atoms with van der Waals surface area (Å²) >= 11 is 0. The van der Waals surface area contributed by atoms with Crippen molar-refractivity contribution in [3.8, 4) is 0 Å². The molecular formula is C24H39NO3. The van der Waals surface area contributed by atoms with Crippen LogP contribution in [0.25, 0.3) is 0 Å². The second-order valence-electron chi connectivity index (χ2n) is 7.73. The molecule has 0 radical (unpaired) electrons. The van der Waals surface area contributed by atoms with Crippen LogP contribution in [0, 0.1) is 0 Å². The van der Waals surface area contributed by atoms with Crippen LogP contribution in [0.5, 0.6) is 0 Å². The molecule has 0 saturated heterocycles. The van der Waals surface area contributed by atoms with Gasteiger partial charge in [-0.3, -0.25) is 14.2 Å². The van der Waals surface area contributed by atoms with E-state index in [4.69, 9.17) is 5.11 Å². The zero-order valence-electron chi connectivity index (χ0n) is 17.7. The van der Waals surface area contributed by atoms with Gasteiger partial charge in [-0.1, -0.05) is 70.4 Å². The number of allylic oxidation sites excluding steroid dienone is 2. The van der Waals surface area contributed by atoms with Crippen molar-refractivity contribution in [3.05, 3.63) is 36.2 Å². The highest BCUT2D eigenvalue weighted by atomic mass is 16.4. The maximum absolute atomic E-state index is 12.1. The van der Waals surface area contributed by atoms with E-state index in [1.807, 2.05) is 0 Å². The van der Waals surface area contributed by atoms with Crippen LogP contribution >= 0.6 is 0 Å². The maximum atomic E-state index is 12.1. The molecule has 0 aromatic carbocycles. The zero-order chi connectivity index (χ0) is 20.5. The highest BCUT2D eigenvalue weighted by Crippen LogP contribution is 2.11. The molecule has 0 atom stereocenters. The van der Waals surface area contributed by atoms with Crippen LogP contribution in [-0.2, 0) is 11.2 Å². The lowest BCUT2D eigenvalue weighted by atomic mass is 10.1. The van der Waals surface area contributed by atoms with Crippen LogP contribution in [0.2, 0.25) is 0 Å². The van der Waals surface area contributed by atoms with Gasteiger partial charge in [-0.25, -0.2) is 0 Å². The molecule has 0 unspecified atom stereocenters. The van der Waals surface area contributed by atoms with Gasteiger partial charge < -0.3 is 5.11 Å². The van der Waals surface area contributed by atoms with Crippen molar-refractivity contribution < 1.29 is 14.7 Å². The Morgan fingerprint density at radius 3 is 2.07 bits per heavy atom. The average molecular weight is 390 g/mol. The number of carboxylic acid groups (broad SMARTS) is 1. The molecule has 28 heavy (non-hydrogen) atoms. The number of aromatic nitrogens is 1. The summed E-state index contributed by atoms with van der Waals surface area (Å²) in [5.74, 6) is -0.822. The van der Waals surface area contributed by atoms with Gasteiger partial charge in [0.2, 0.25) is 5.91 Å². The van der Waals surface area contributed by atoms with E-state index < -0.39 is 5.97 Å². The lowest BCUT2D eigenvalue weighted by molar-refractivity contribution is -0.136. The van der Waals surface area contributed by atoms with Crippen LogP contribution in [0.3, 0.4) is 0 Å². The minimum absolute atomic E-state index is 0.0340. The van der Waals surface area contributed by atoms with E-state index in [0.717, 1.165) is 12.8 Å². The summed E-state index contributed by atoms with van der Waals surface area (Å²) in [6, 6.07) is 1.70. The topological polar surface area (TPSA) is 59.3 Å². The van der Waals surface area contributed by atoms with Crippen molar-refractivity contribution in [1.29, 1.82) is 0 Å². The quantitative estimate of drug-likeness (QED) is 0.236. The summed E-state index contributed by atoms with van der Waals surface area (Å²) in [5.41, 5.74) is 0.672. The molecule has 1 rings (SSSR count). The Balaban J connectivity index is 1.93. The lowest BCUT2D eigenvalue weighted by Gasteiger charge is -2.02. The summed E-state index contributed by atoms with van der Waals surface area (Å²) in [6.45, 7) is 2.26. The normalized spacial score (nSPS) is 11.3. The summed E-state index contributed by atoms with van der Waals surface area (Å²) in [6.07, 6.45) is 24.6. The van der Waals surface area contributed by atoms with Crippen molar-refractivity contribution >= 4 is 11.9 Å². The Hall–Kier alpha value is -1.84. The van der Waals surface area contributed by atoms with E-state index in [0.29, 0.717) is 12.0 Å². The first kappa shape index (κ1) is 24.2. The minimum atomic E-state index is -0.873. The molecule has 0 aliphatic carbocycles. The van der Waals surface area contributed by atoms with E-state index in [9.17, 15) is 9.59 Å². The molecule has 1 N–H and O–H groups in total. The first-order valence-electron chi connectivity index (χ1n) is 11.2. The fraction of sp³-hybridized carbons (Fsp3) is 0.667. The van der Waals surface area contributed by atoms with Crippen molar-refractivity contribution in [2.75, 3.05) is 0 Å². The summed E-state index contributed by atoms with van der Waals surface area (Å²) in [7, 11) is 0. The number of carbonyl (C=O) groups excluding carboxylic acids is 1. The van der Waals surface area contributed by atoms with Gasteiger partial charge in [0, 0.05) is 18.8 Å². The maximum Gasteiger partial charge on any atom is 0.307 e. The third kappa shape index (κ3) is 12.5. The predicted molar refractivity (Wildman–Crippen MR) is 116 cm³/mol. The molecule has 1 aromatic heterocycles. The molecule has 4 nitrogen and oxygen atoms in total. The van der Waals surface area contributed by atoms with Gasteiger partial charge in [-0.15, -0.1) is 0 Å². The predicted octanol–water partition coefficient (Wildman–Crippen LogP) is 6.79. The second kappa shape index (κ2) is 16.1. The Labute approximate surface area is 171 Å². The van der Waals surface area contributed by atoms with Crippen molar-refractivity contribution in [2.24, 2.45) is 0 Å². The van der Waals surface area contributed by atoms with Gasteiger partial charge in [0.25, 0.3) is 0 Å². The van der Waals surface area contributed by atoms with Gasteiger partial charge in [0.15, 0.2) is 0 Å². The van der Waals surface area contributed by atoms with Crippen LogP contribution in [-0.4, -0.2) is 21.6 Å². The van der Waals surface area contributed by atoms with E-state index in [2.05, 4.69) is 19.1 Å². The fourth-order valence-corrected chi connectivity index (χ4v) is 3.35. The number of unbranched alkanes of at least 4 members (excludes halogenated alkanes) is 11. The van der Waals surface area contributed by atoms with E-state index in [1.165, 1.54) is 75.2 Å². The summed E-state index contributed by atoms with van der Waals surface area (Å²) in [4.78, 5) is 22.8. The number of carbonyl (C=O) groups is 2. The Bertz CT molecular complexity index is 574.